The molecule has 0 amide bonds. The number of pyridine rings is 1. The predicted molar refractivity (Wildman–Crippen MR) is 132 cm³/mol. The third kappa shape index (κ3) is 6.58. The Balaban J connectivity index is 0.00000320. The molecule has 0 fully saturated rings. The Bertz CT molecular complexity index is 946. The molecule has 3 aromatic rings. The summed E-state index contributed by atoms with van der Waals surface area (Å²) >= 11 is 0. The van der Waals surface area contributed by atoms with Crippen LogP contribution in [-0.2, 0) is 12.0 Å². The molecule has 0 saturated heterocycles. The van der Waals surface area contributed by atoms with Crippen LogP contribution >= 0.6 is 24.0 Å². The van der Waals surface area contributed by atoms with Crippen LogP contribution in [0.4, 0.5) is 0 Å². The molecule has 7 nitrogen and oxygen atoms in total. The van der Waals surface area contributed by atoms with Crippen LogP contribution < -0.4 is 15.4 Å². The molecule has 1 aromatic carbocycles. The molecule has 0 aliphatic rings. The third-order valence-electron chi connectivity index (χ3n) is 4.49. The van der Waals surface area contributed by atoms with Gasteiger partial charge in [-0.2, -0.15) is 0 Å². The van der Waals surface area contributed by atoms with Crippen LogP contribution in [0, 0.1) is 0 Å². The van der Waals surface area contributed by atoms with E-state index in [1.807, 2.05) is 47.9 Å². The van der Waals surface area contributed by atoms with Crippen molar-refractivity contribution in [1.82, 2.24) is 25.2 Å². The van der Waals surface area contributed by atoms with Gasteiger partial charge in [-0.25, -0.2) is 4.99 Å². The van der Waals surface area contributed by atoms with Gasteiger partial charge in [-0.1, -0.05) is 39.0 Å². The molecule has 2 N–H and O–H groups in total. The molecule has 0 bridgehead atoms. The number of benzene rings is 1. The molecule has 0 spiro atoms. The summed E-state index contributed by atoms with van der Waals surface area (Å²) < 4.78 is 7.78. The molecule has 8 heteroatoms. The minimum atomic E-state index is 0. The van der Waals surface area contributed by atoms with Gasteiger partial charge in [0.15, 0.2) is 17.4 Å². The van der Waals surface area contributed by atoms with Gasteiger partial charge in [0.2, 0.25) is 0 Å². The molecule has 0 radical (unpaired) electrons. The van der Waals surface area contributed by atoms with Crippen LogP contribution in [0.15, 0.2) is 53.7 Å². The number of ether oxygens (including phenoxy) is 1. The highest BCUT2D eigenvalue weighted by Gasteiger charge is 2.12. The Morgan fingerprint density at radius 1 is 1.07 bits per heavy atom. The van der Waals surface area contributed by atoms with E-state index in [2.05, 4.69) is 58.7 Å². The van der Waals surface area contributed by atoms with Crippen LogP contribution in [0.3, 0.4) is 0 Å². The van der Waals surface area contributed by atoms with E-state index in [4.69, 9.17) is 4.74 Å². The molecule has 3 rings (SSSR count). The van der Waals surface area contributed by atoms with Gasteiger partial charge in [0.1, 0.15) is 18.9 Å². The van der Waals surface area contributed by atoms with E-state index in [0.29, 0.717) is 19.7 Å². The first-order valence-electron chi connectivity index (χ1n) is 10.0. The second-order valence-electron chi connectivity index (χ2n) is 7.79. The van der Waals surface area contributed by atoms with Crippen molar-refractivity contribution in [3.05, 3.63) is 60.0 Å². The zero-order valence-corrected chi connectivity index (χ0v) is 20.4. The summed E-state index contributed by atoms with van der Waals surface area (Å²) in [6.45, 7) is 11.1. The van der Waals surface area contributed by atoms with Gasteiger partial charge < -0.3 is 15.4 Å². The maximum absolute atomic E-state index is 5.84. The standard InChI is InChI=1S/C22H30N6O.HI/c1-5-23-21(25-16-20-27-26-19-8-6-7-14-28(19)20)24-13-15-29-18-11-9-17(10-12-18)22(2,3)4;/h6-12,14H,5,13,15-16H2,1-4H3,(H2,23,24,25);1H. The average molecular weight is 522 g/mol. The van der Waals surface area contributed by atoms with Crippen molar-refractivity contribution in [3.63, 3.8) is 0 Å². The molecule has 0 saturated carbocycles. The highest BCUT2D eigenvalue weighted by Crippen LogP contribution is 2.24. The molecule has 0 aliphatic heterocycles. The number of aliphatic imine (C=N–C) groups is 1. The largest absolute Gasteiger partial charge is 0.492 e. The van der Waals surface area contributed by atoms with Crippen molar-refractivity contribution in [2.45, 2.75) is 39.7 Å². The average Bonchev–Trinajstić information content (AvgIpc) is 3.12. The summed E-state index contributed by atoms with van der Waals surface area (Å²) in [6, 6.07) is 14.1. The number of hydrogen-bond acceptors (Lipinski definition) is 4. The van der Waals surface area contributed by atoms with Crippen LogP contribution in [0.5, 0.6) is 5.75 Å². The Labute approximate surface area is 195 Å². The fourth-order valence-corrected chi connectivity index (χ4v) is 2.88. The molecular weight excluding hydrogens is 491 g/mol. The fraction of sp³-hybridized carbons (Fsp3) is 0.409. The van der Waals surface area contributed by atoms with Crippen LogP contribution in [-0.4, -0.2) is 40.3 Å². The summed E-state index contributed by atoms with van der Waals surface area (Å²) in [4.78, 5) is 4.60. The maximum atomic E-state index is 5.84. The number of halogens is 1. The van der Waals surface area contributed by atoms with Gasteiger partial charge in [0.05, 0.1) is 6.54 Å². The van der Waals surface area contributed by atoms with Crippen molar-refractivity contribution in [2.75, 3.05) is 19.7 Å². The van der Waals surface area contributed by atoms with Crippen LogP contribution in [0.2, 0.25) is 0 Å². The normalized spacial score (nSPS) is 11.8. The topological polar surface area (TPSA) is 75.8 Å². The van der Waals surface area contributed by atoms with Crippen LogP contribution in [0.1, 0.15) is 39.1 Å². The van der Waals surface area contributed by atoms with E-state index in [1.54, 1.807) is 0 Å². The second kappa shape index (κ2) is 11.1. The van der Waals surface area contributed by atoms with Gasteiger partial charge in [0.25, 0.3) is 0 Å². The lowest BCUT2D eigenvalue weighted by atomic mass is 9.87. The van der Waals surface area contributed by atoms with Crippen molar-refractivity contribution >= 4 is 35.6 Å². The number of fused-ring (bicyclic) bond motifs is 1. The monoisotopic (exact) mass is 522 g/mol. The van der Waals surface area contributed by atoms with E-state index in [1.165, 1.54) is 5.56 Å². The molecule has 2 heterocycles. The van der Waals surface area contributed by atoms with Gasteiger partial charge in [-0.05, 0) is 42.2 Å². The zero-order chi connectivity index (χ0) is 20.7. The van der Waals surface area contributed by atoms with Crippen LogP contribution in [0.25, 0.3) is 5.65 Å². The fourth-order valence-electron chi connectivity index (χ4n) is 2.88. The Morgan fingerprint density at radius 3 is 2.53 bits per heavy atom. The molecule has 30 heavy (non-hydrogen) atoms. The Hall–Kier alpha value is -2.36. The first-order valence-corrected chi connectivity index (χ1v) is 10.0. The van der Waals surface area contributed by atoms with E-state index in [0.717, 1.165) is 29.7 Å². The summed E-state index contributed by atoms with van der Waals surface area (Å²) in [5, 5.41) is 14.9. The second-order valence-corrected chi connectivity index (χ2v) is 7.79. The Kier molecular flexibility index (Phi) is 8.88. The molecule has 2 aromatic heterocycles. The van der Waals surface area contributed by atoms with E-state index in [9.17, 15) is 0 Å². The van der Waals surface area contributed by atoms with E-state index < -0.39 is 0 Å². The highest BCUT2D eigenvalue weighted by molar-refractivity contribution is 14.0. The van der Waals surface area contributed by atoms with Gasteiger partial charge in [-0.15, -0.1) is 34.2 Å². The van der Waals surface area contributed by atoms with Crippen molar-refractivity contribution in [3.8, 4) is 5.75 Å². The lowest BCUT2D eigenvalue weighted by molar-refractivity contribution is 0.321. The zero-order valence-electron chi connectivity index (χ0n) is 18.1. The lowest BCUT2D eigenvalue weighted by Crippen LogP contribution is -2.39. The van der Waals surface area contributed by atoms with Crippen molar-refractivity contribution in [2.24, 2.45) is 4.99 Å². The van der Waals surface area contributed by atoms with Crippen molar-refractivity contribution in [1.29, 1.82) is 0 Å². The first-order chi connectivity index (χ1) is 14.0. The maximum Gasteiger partial charge on any atom is 0.191 e. The van der Waals surface area contributed by atoms with Crippen molar-refractivity contribution < 1.29 is 4.74 Å². The van der Waals surface area contributed by atoms with Gasteiger partial charge >= 0.3 is 0 Å². The molecule has 0 unspecified atom stereocenters. The van der Waals surface area contributed by atoms with E-state index >= 15 is 0 Å². The molecule has 162 valence electrons. The minimum absolute atomic E-state index is 0. The van der Waals surface area contributed by atoms with Gasteiger partial charge in [0, 0.05) is 12.7 Å². The predicted octanol–water partition coefficient (Wildman–Crippen LogP) is 3.78. The summed E-state index contributed by atoms with van der Waals surface area (Å²) in [7, 11) is 0. The van der Waals surface area contributed by atoms with Gasteiger partial charge in [-0.3, -0.25) is 4.40 Å². The SMILES string of the molecule is CCNC(=NCc1nnc2ccccn12)NCCOc1ccc(C(C)(C)C)cc1.I. The molecule has 0 atom stereocenters. The smallest absolute Gasteiger partial charge is 0.191 e. The highest BCUT2D eigenvalue weighted by atomic mass is 127. The number of aromatic nitrogens is 3. The minimum Gasteiger partial charge on any atom is -0.492 e. The quantitative estimate of drug-likeness (QED) is 0.214. The third-order valence-corrected chi connectivity index (χ3v) is 4.49. The number of rotatable bonds is 7. The van der Waals surface area contributed by atoms with E-state index in [-0.39, 0.29) is 29.4 Å². The summed E-state index contributed by atoms with van der Waals surface area (Å²) in [5.41, 5.74) is 2.26. The lowest BCUT2D eigenvalue weighted by Gasteiger charge is -2.19. The summed E-state index contributed by atoms with van der Waals surface area (Å²) in [6.07, 6.45) is 1.94. The number of nitrogens with zero attached hydrogens (tertiary/aromatic N) is 4. The number of nitrogens with one attached hydrogen (secondary N) is 2. The Morgan fingerprint density at radius 2 is 1.83 bits per heavy atom. The summed E-state index contributed by atoms with van der Waals surface area (Å²) in [5.74, 6) is 2.40. The number of hydrogen-bond donors (Lipinski definition) is 2. The number of guanidine groups is 1. The first kappa shape index (κ1) is 23.9. The molecule has 0 aliphatic carbocycles. The molecular formula is C22H31IN6O.